The predicted octanol–water partition coefficient (Wildman–Crippen LogP) is 2.73. The van der Waals surface area contributed by atoms with Crippen molar-refractivity contribution in [3.63, 3.8) is 0 Å². The third-order valence-corrected chi connectivity index (χ3v) is 5.95. The van der Waals surface area contributed by atoms with Gasteiger partial charge in [0.2, 0.25) is 5.95 Å². The molecule has 2 N–H and O–H groups in total. The van der Waals surface area contributed by atoms with Gasteiger partial charge in [0.05, 0.1) is 23.9 Å². The standard InChI is InChI=1S/C23H27N7O.H2S/c1-23(15-29(2)10-11-31)7-4-18-17(14-24)12-16(13-19(18)23)20-5-8-25-22(26-20)27-21-6-9-30(3)28-21;/h5-6,8-9,12-13,31H,4,7,10-11,15H2,1-3H3,(H,25,26,27,28);1H2/t23-;/m0./s1. The smallest absolute Gasteiger partial charge is 0.228 e. The van der Waals surface area contributed by atoms with E-state index in [1.165, 1.54) is 5.56 Å². The number of rotatable bonds is 7. The number of nitrogens with zero attached hydrogens (tertiary/aromatic N) is 6. The van der Waals surface area contributed by atoms with Gasteiger partial charge >= 0.3 is 0 Å². The number of nitriles is 1. The van der Waals surface area contributed by atoms with E-state index in [1.54, 1.807) is 10.9 Å². The first-order chi connectivity index (χ1) is 14.9. The van der Waals surface area contributed by atoms with Gasteiger partial charge in [-0.3, -0.25) is 4.68 Å². The average Bonchev–Trinajstić information content (AvgIpc) is 3.30. The van der Waals surface area contributed by atoms with E-state index in [4.69, 9.17) is 0 Å². The maximum atomic E-state index is 9.81. The molecule has 0 spiro atoms. The van der Waals surface area contributed by atoms with Gasteiger partial charge in [-0.15, -0.1) is 0 Å². The largest absolute Gasteiger partial charge is 0.395 e. The van der Waals surface area contributed by atoms with E-state index in [1.807, 2.05) is 38.5 Å². The van der Waals surface area contributed by atoms with Crippen LogP contribution in [0, 0.1) is 11.3 Å². The first kappa shape index (κ1) is 23.7. The molecule has 8 nitrogen and oxygen atoms in total. The minimum absolute atomic E-state index is 0. The van der Waals surface area contributed by atoms with Crippen molar-refractivity contribution in [3.8, 4) is 17.3 Å². The van der Waals surface area contributed by atoms with Crippen molar-refractivity contribution in [1.29, 1.82) is 5.26 Å². The summed E-state index contributed by atoms with van der Waals surface area (Å²) in [5.74, 6) is 1.13. The van der Waals surface area contributed by atoms with E-state index in [2.05, 4.69) is 44.3 Å². The fourth-order valence-corrected chi connectivity index (χ4v) is 4.45. The molecule has 9 heteroatoms. The lowest BCUT2D eigenvalue weighted by Crippen LogP contribution is -2.36. The van der Waals surface area contributed by atoms with E-state index >= 15 is 0 Å². The summed E-state index contributed by atoms with van der Waals surface area (Å²) in [6.45, 7) is 3.83. The highest BCUT2D eigenvalue weighted by Crippen LogP contribution is 2.42. The maximum Gasteiger partial charge on any atom is 0.228 e. The second kappa shape index (κ2) is 9.69. The number of likely N-dealkylation sites (N-methyl/N-ethyl adjacent to an activating group) is 1. The van der Waals surface area contributed by atoms with Gasteiger partial charge in [-0.05, 0) is 49.2 Å². The van der Waals surface area contributed by atoms with Gasteiger partial charge in [-0.2, -0.15) is 23.9 Å². The number of nitrogens with one attached hydrogen (secondary N) is 1. The molecule has 0 saturated carbocycles. The lowest BCUT2D eigenvalue weighted by atomic mass is 9.82. The van der Waals surface area contributed by atoms with Crippen molar-refractivity contribution in [2.45, 2.75) is 25.2 Å². The fourth-order valence-electron chi connectivity index (χ4n) is 4.45. The summed E-state index contributed by atoms with van der Waals surface area (Å²) in [4.78, 5) is 11.1. The monoisotopic (exact) mass is 451 g/mol. The van der Waals surface area contributed by atoms with Gasteiger partial charge in [0, 0.05) is 49.6 Å². The van der Waals surface area contributed by atoms with Crippen LogP contribution >= 0.6 is 13.5 Å². The summed E-state index contributed by atoms with van der Waals surface area (Å²) in [7, 11) is 3.87. The summed E-state index contributed by atoms with van der Waals surface area (Å²) in [5, 5.41) is 26.5. The molecule has 0 radical (unpaired) electrons. The molecule has 1 atom stereocenters. The Labute approximate surface area is 195 Å². The second-order valence-electron chi connectivity index (χ2n) is 8.45. The zero-order valence-electron chi connectivity index (χ0n) is 18.6. The van der Waals surface area contributed by atoms with Crippen LogP contribution in [0.25, 0.3) is 11.3 Å². The molecular formula is C23H29N7OS. The van der Waals surface area contributed by atoms with Gasteiger partial charge in [-0.25, -0.2) is 9.97 Å². The van der Waals surface area contributed by atoms with Gasteiger partial charge in [0.15, 0.2) is 5.82 Å². The normalized spacial score (nSPS) is 17.0. The summed E-state index contributed by atoms with van der Waals surface area (Å²) in [5.41, 5.74) is 4.61. The highest BCUT2D eigenvalue weighted by molar-refractivity contribution is 7.59. The Balaban J connectivity index is 0.00000289. The molecule has 1 aliphatic rings. The van der Waals surface area contributed by atoms with Crippen LogP contribution in [0.2, 0.25) is 0 Å². The number of aryl methyl sites for hydroxylation is 1. The van der Waals surface area contributed by atoms with Crippen molar-refractivity contribution in [3.05, 3.63) is 53.3 Å². The summed E-state index contributed by atoms with van der Waals surface area (Å²) >= 11 is 0. The molecule has 2 heterocycles. The number of benzene rings is 1. The number of aromatic nitrogens is 4. The zero-order valence-corrected chi connectivity index (χ0v) is 19.6. The molecule has 0 saturated heterocycles. The highest BCUT2D eigenvalue weighted by atomic mass is 32.1. The van der Waals surface area contributed by atoms with Crippen LogP contribution in [0.4, 0.5) is 11.8 Å². The molecule has 32 heavy (non-hydrogen) atoms. The van der Waals surface area contributed by atoms with Crippen LogP contribution in [-0.4, -0.2) is 56.5 Å². The van der Waals surface area contributed by atoms with Crippen LogP contribution in [0.1, 0.15) is 30.0 Å². The average molecular weight is 452 g/mol. The summed E-state index contributed by atoms with van der Waals surface area (Å²) in [6, 6.07) is 10.2. The molecular weight excluding hydrogens is 422 g/mol. The third kappa shape index (κ3) is 4.78. The second-order valence-corrected chi connectivity index (χ2v) is 8.45. The molecule has 0 bridgehead atoms. The quantitative estimate of drug-likeness (QED) is 0.569. The fraction of sp³-hybridized carbons (Fsp3) is 0.391. The topological polar surface area (TPSA) is 103 Å². The Morgan fingerprint density at radius 2 is 2.16 bits per heavy atom. The minimum atomic E-state index is -0.0804. The molecule has 0 fully saturated rings. The van der Waals surface area contributed by atoms with Crippen molar-refractivity contribution in [1.82, 2.24) is 24.6 Å². The van der Waals surface area contributed by atoms with Crippen molar-refractivity contribution in [2.24, 2.45) is 7.05 Å². The van der Waals surface area contributed by atoms with E-state index < -0.39 is 0 Å². The number of anilines is 2. The van der Waals surface area contributed by atoms with Gasteiger partial charge in [0.1, 0.15) is 0 Å². The first-order valence-electron chi connectivity index (χ1n) is 10.4. The van der Waals surface area contributed by atoms with Crippen molar-refractivity contribution >= 4 is 25.3 Å². The van der Waals surface area contributed by atoms with Gasteiger partial charge < -0.3 is 15.3 Å². The van der Waals surface area contributed by atoms with Crippen LogP contribution < -0.4 is 5.32 Å². The Morgan fingerprint density at radius 1 is 1.34 bits per heavy atom. The minimum Gasteiger partial charge on any atom is -0.395 e. The van der Waals surface area contributed by atoms with Crippen LogP contribution in [-0.2, 0) is 18.9 Å². The third-order valence-electron chi connectivity index (χ3n) is 5.95. The number of aliphatic hydroxyl groups excluding tert-OH is 1. The van der Waals surface area contributed by atoms with Crippen LogP contribution in [0.5, 0.6) is 0 Å². The molecule has 3 aromatic rings. The molecule has 4 rings (SSSR count). The Kier molecular flexibility index (Phi) is 7.19. The summed E-state index contributed by atoms with van der Waals surface area (Å²) in [6.07, 6.45) is 5.42. The number of fused-ring (bicyclic) bond motifs is 1. The predicted molar refractivity (Wildman–Crippen MR) is 129 cm³/mol. The lowest BCUT2D eigenvalue weighted by Gasteiger charge is -2.31. The Hall–Kier alpha value is -2.93. The van der Waals surface area contributed by atoms with E-state index in [0.717, 1.165) is 36.2 Å². The maximum absolute atomic E-state index is 9.81. The van der Waals surface area contributed by atoms with Crippen LogP contribution in [0.15, 0.2) is 36.7 Å². The molecule has 0 aliphatic heterocycles. The number of aliphatic hydroxyl groups is 1. The zero-order chi connectivity index (χ0) is 22.0. The Morgan fingerprint density at radius 3 is 2.84 bits per heavy atom. The molecule has 168 valence electrons. The lowest BCUT2D eigenvalue weighted by molar-refractivity contribution is 0.193. The van der Waals surface area contributed by atoms with Gasteiger partial charge in [0.25, 0.3) is 0 Å². The summed E-state index contributed by atoms with van der Waals surface area (Å²) < 4.78 is 1.71. The molecule has 0 unspecified atom stereocenters. The van der Waals surface area contributed by atoms with E-state index in [-0.39, 0.29) is 25.5 Å². The SMILES string of the molecule is CN(CCO)C[C@]1(C)CCc2c(C#N)cc(-c3ccnc(Nc4ccn(C)n4)n3)cc21.S. The molecule has 2 aromatic heterocycles. The molecule has 0 amide bonds. The first-order valence-corrected chi connectivity index (χ1v) is 10.4. The van der Waals surface area contributed by atoms with Crippen molar-refractivity contribution in [2.75, 3.05) is 32.1 Å². The van der Waals surface area contributed by atoms with Crippen LogP contribution in [0.3, 0.4) is 0 Å². The molecule has 1 aliphatic carbocycles. The van der Waals surface area contributed by atoms with E-state index in [9.17, 15) is 10.4 Å². The van der Waals surface area contributed by atoms with E-state index in [0.29, 0.717) is 23.9 Å². The number of hydrogen-bond acceptors (Lipinski definition) is 7. The molecule has 1 aromatic carbocycles. The van der Waals surface area contributed by atoms with Crippen molar-refractivity contribution < 1.29 is 5.11 Å². The number of hydrogen-bond donors (Lipinski definition) is 2. The van der Waals surface area contributed by atoms with Gasteiger partial charge in [-0.1, -0.05) is 6.92 Å². The highest BCUT2D eigenvalue weighted by Gasteiger charge is 2.37. The Bertz CT molecular complexity index is 1140.